The van der Waals surface area contributed by atoms with Gasteiger partial charge in [-0.2, -0.15) is 5.10 Å². The van der Waals surface area contributed by atoms with Gasteiger partial charge in [0.05, 0.1) is 5.71 Å². The summed E-state index contributed by atoms with van der Waals surface area (Å²) in [5.41, 5.74) is 6.14. The Bertz CT molecular complexity index is 818. The summed E-state index contributed by atoms with van der Waals surface area (Å²) < 4.78 is 10.5. The largest absolute Gasteiger partial charge is 0.454 e. The molecule has 1 heterocycles. The molecule has 0 aliphatic carbocycles. The van der Waals surface area contributed by atoms with E-state index in [2.05, 4.69) is 43.4 Å². The molecule has 0 spiro atoms. The number of benzene rings is 2. The fourth-order valence-corrected chi connectivity index (χ4v) is 2.51. The molecule has 130 valence electrons. The fraction of sp³-hybridized carbons (Fsp3) is 0.300. The van der Waals surface area contributed by atoms with E-state index in [0.717, 1.165) is 11.3 Å². The molecule has 1 amide bonds. The van der Waals surface area contributed by atoms with Crippen LogP contribution < -0.4 is 14.9 Å². The summed E-state index contributed by atoms with van der Waals surface area (Å²) in [7, 11) is 0. The maximum absolute atomic E-state index is 12.3. The molecule has 5 nitrogen and oxygen atoms in total. The Morgan fingerprint density at radius 2 is 1.64 bits per heavy atom. The number of carbonyl (C=O) groups is 1. The number of hydrogen-bond acceptors (Lipinski definition) is 4. The zero-order valence-corrected chi connectivity index (χ0v) is 14.9. The molecule has 1 N–H and O–H groups in total. The summed E-state index contributed by atoms with van der Waals surface area (Å²) in [5, 5.41) is 4.20. The van der Waals surface area contributed by atoms with Gasteiger partial charge in [-0.15, -0.1) is 0 Å². The Morgan fingerprint density at radius 1 is 1.00 bits per heavy atom. The van der Waals surface area contributed by atoms with Gasteiger partial charge in [-0.25, -0.2) is 5.43 Å². The monoisotopic (exact) mass is 338 g/mol. The first-order valence-electron chi connectivity index (χ1n) is 8.20. The second-order valence-corrected chi connectivity index (χ2v) is 7.03. The molecule has 0 radical (unpaired) electrons. The van der Waals surface area contributed by atoms with Gasteiger partial charge in [0.15, 0.2) is 11.5 Å². The Hall–Kier alpha value is -2.82. The zero-order chi connectivity index (χ0) is 18.0. The van der Waals surface area contributed by atoms with E-state index in [9.17, 15) is 4.79 Å². The molecule has 1 aliphatic heterocycles. The van der Waals surface area contributed by atoms with Crippen molar-refractivity contribution in [3.8, 4) is 11.5 Å². The molecule has 1 aliphatic rings. The molecule has 2 aromatic rings. The first-order valence-corrected chi connectivity index (χ1v) is 8.20. The van der Waals surface area contributed by atoms with E-state index < -0.39 is 0 Å². The number of rotatable bonds is 3. The van der Waals surface area contributed by atoms with E-state index >= 15 is 0 Å². The zero-order valence-electron chi connectivity index (χ0n) is 14.9. The lowest BCUT2D eigenvalue weighted by atomic mass is 9.86. The molecule has 0 saturated carbocycles. The van der Waals surface area contributed by atoms with Gasteiger partial charge in [-0.05, 0) is 41.7 Å². The van der Waals surface area contributed by atoms with Crippen molar-refractivity contribution < 1.29 is 14.3 Å². The predicted octanol–water partition coefficient (Wildman–Crippen LogP) is 3.87. The number of nitrogens with one attached hydrogen (secondary N) is 1. The average molecular weight is 338 g/mol. The lowest BCUT2D eigenvalue weighted by molar-refractivity contribution is 0.0954. The van der Waals surface area contributed by atoms with Gasteiger partial charge in [-0.1, -0.05) is 45.0 Å². The molecule has 0 fully saturated rings. The Balaban J connectivity index is 1.69. The van der Waals surface area contributed by atoms with E-state index in [0.29, 0.717) is 17.1 Å². The van der Waals surface area contributed by atoms with E-state index in [1.54, 1.807) is 18.2 Å². The third-order valence-corrected chi connectivity index (χ3v) is 4.13. The van der Waals surface area contributed by atoms with Crippen molar-refractivity contribution in [1.82, 2.24) is 5.43 Å². The molecule has 0 saturated heterocycles. The Morgan fingerprint density at radius 3 is 2.32 bits per heavy atom. The van der Waals surface area contributed by atoms with E-state index in [1.807, 2.05) is 19.1 Å². The van der Waals surface area contributed by atoms with E-state index in [4.69, 9.17) is 9.47 Å². The quantitative estimate of drug-likeness (QED) is 0.683. The summed E-state index contributed by atoms with van der Waals surface area (Å²) in [6.45, 7) is 8.58. The summed E-state index contributed by atoms with van der Waals surface area (Å²) in [6, 6.07) is 13.3. The van der Waals surface area contributed by atoms with Crippen LogP contribution >= 0.6 is 0 Å². The lowest BCUT2D eigenvalue weighted by Gasteiger charge is -2.19. The van der Waals surface area contributed by atoms with Gasteiger partial charge in [0.25, 0.3) is 5.91 Å². The fourth-order valence-electron chi connectivity index (χ4n) is 2.51. The van der Waals surface area contributed by atoms with E-state index in [-0.39, 0.29) is 18.1 Å². The lowest BCUT2D eigenvalue weighted by Crippen LogP contribution is -2.19. The van der Waals surface area contributed by atoms with Crippen LogP contribution in [0.25, 0.3) is 0 Å². The van der Waals surface area contributed by atoms with Gasteiger partial charge in [-0.3, -0.25) is 4.79 Å². The molecule has 3 rings (SSSR count). The van der Waals surface area contributed by atoms with Crippen LogP contribution in [0.2, 0.25) is 0 Å². The summed E-state index contributed by atoms with van der Waals surface area (Å²) >= 11 is 0. The second kappa shape index (κ2) is 6.59. The van der Waals surface area contributed by atoms with Crippen LogP contribution in [0.3, 0.4) is 0 Å². The highest BCUT2D eigenvalue weighted by Crippen LogP contribution is 2.32. The van der Waals surface area contributed by atoms with Crippen molar-refractivity contribution in [3.05, 3.63) is 59.2 Å². The molecule has 2 aromatic carbocycles. The molecule has 25 heavy (non-hydrogen) atoms. The van der Waals surface area contributed by atoms with Crippen molar-refractivity contribution in [3.63, 3.8) is 0 Å². The van der Waals surface area contributed by atoms with Crippen molar-refractivity contribution in [2.45, 2.75) is 33.1 Å². The van der Waals surface area contributed by atoms with Crippen molar-refractivity contribution in [2.24, 2.45) is 5.10 Å². The molecule has 0 aromatic heterocycles. The second-order valence-electron chi connectivity index (χ2n) is 7.03. The van der Waals surface area contributed by atoms with Crippen LogP contribution in [0.1, 0.15) is 49.2 Å². The third-order valence-electron chi connectivity index (χ3n) is 4.13. The minimum atomic E-state index is -0.288. The standard InChI is InChI=1S/C20H22N2O3/c1-13(14-5-8-16(9-6-14)20(2,3)4)21-22-19(23)15-7-10-17-18(11-15)25-12-24-17/h5-11H,12H2,1-4H3,(H,22,23)/b21-13-. The highest BCUT2D eigenvalue weighted by molar-refractivity contribution is 6.01. The van der Waals surface area contributed by atoms with Gasteiger partial charge in [0.2, 0.25) is 6.79 Å². The summed E-state index contributed by atoms with van der Waals surface area (Å²) in [6.07, 6.45) is 0. The predicted molar refractivity (Wildman–Crippen MR) is 97.4 cm³/mol. The smallest absolute Gasteiger partial charge is 0.271 e. The van der Waals surface area contributed by atoms with Crippen LogP contribution in [0.15, 0.2) is 47.6 Å². The van der Waals surface area contributed by atoms with Gasteiger partial charge >= 0.3 is 0 Å². The van der Waals surface area contributed by atoms with Crippen LogP contribution in [0.4, 0.5) is 0 Å². The van der Waals surface area contributed by atoms with Crippen molar-refractivity contribution in [2.75, 3.05) is 6.79 Å². The number of fused-ring (bicyclic) bond motifs is 1. The van der Waals surface area contributed by atoms with Crippen LogP contribution in [-0.4, -0.2) is 18.4 Å². The first kappa shape index (κ1) is 17.0. The number of ether oxygens (including phenoxy) is 2. The van der Waals surface area contributed by atoms with Crippen molar-refractivity contribution in [1.29, 1.82) is 0 Å². The minimum absolute atomic E-state index is 0.108. The Kier molecular flexibility index (Phi) is 4.49. The summed E-state index contributed by atoms with van der Waals surface area (Å²) in [4.78, 5) is 12.3. The van der Waals surface area contributed by atoms with Crippen LogP contribution in [0, 0.1) is 0 Å². The first-order chi connectivity index (χ1) is 11.8. The van der Waals surface area contributed by atoms with Gasteiger partial charge < -0.3 is 9.47 Å². The van der Waals surface area contributed by atoms with Crippen molar-refractivity contribution >= 4 is 11.6 Å². The molecular weight excluding hydrogens is 316 g/mol. The minimum Gasteiger partial charge on any atom is -0.454 e. The number of nitrogens with zero attached hydrogens (tertiary/aromatic N) is 1. The highest BCUT2D eigenvalue weighted by Gasteiger charge is 2.16. The van der Waals surface area contributed by atoms with Gasteiger partial charge in [0, 0.05) is 5.56 Å². The third kappa shape index (κ3) is 3.82. The SMILES string of the molecule is C/C(=N/NC(=O)c1ccc2c(c1)OCO2)c1ccc(C(C)(C)C)cc1. The number of hydrogen-bond donors (Lipinski definition) is 1. The Labute approximate surface area is 147 Å². The summed E-state index contributed by atoms with van der Waals surface area (Å²) in [5.74, 6) is 0.935. The number of hydrazone groups is 1. The number of carbonyl (C=O) groups excluding carboxylic acids is 1. The van der Waals surface area contributed by atoms with Crippen LogP contribution in [-0.2, 0) is 5.41 Å². The topological polar surface area (TPSA) is 59.9 Å². The molecule has 5 heteroatoms. The maximum Gasteiger partial charge on any atom is 0.271 e. The normalized spacial score (nSPS) is 13.7. The molecule has 0 unspecified atom stereocenters. The molecule has 0 bridgehead atoms. The van der Waals surface area contributed by atoms with Crippen LogP contribution in [0.5, 0.6) is 11.5 Å². The molecular formula is C20H22N2O3. The molecule has 0 atom stereocenters. The van der Waals surface area contributed by atoms with E-state index in [1.165, 1.54) is 5.56 Å². The van der Waals surface area contributed by atoms with Gasteiger partial charge in [0.1, 0.15) is 0 Å². The average Bonchev–Trinajstić information content (AvgIpc) is 3.06. The maximum atomic E-state index is 12.3. The number of amides is 1. The highest BCUT2D eigenvalue weighted by atomic mass is 16.7.